The molecular formula is C45H43N. The van der Waals surface area contributed by atoms with Crippen LogP contribution in [0.4, 0.5) is 11.4 Å². The summed E-state index contributed by atoms with van der Waals surface area (Å²) in [7, 11) is 0. The molecule has 3 aliphatic rings. The van der Waals surface area contributed by atoms with Crippen molar-refractivity contribution in [2.45, 2.75) is 72.6 Å². The van der Waals surface area contributed by atoms with Gasteiger partial charge in [-0.05, 0) is 125 Å². The third kappa shape index (κ3) is 4.00. The van der Waals surface area contributed by atoms with E-state index >= 15 is 0 Å². The van der Waals surface area contributed by atoms with Crippen LogP contribution in [0.2, 0.25) is 0 Å². The Morgan fingerprint density at radius 2 is 1.26 bits per heavy atom. The van der Waals surface area contributed by atoms with Crippen LogP contribution in [0.3, 0.4) is 0 Å². The minimum Gasteiger partial charge on any atom is -0.309 e. The highest BCUT2D eigenvalue weighted by Gasteiger charge is 2.42. The predicted molar refractivity (Wildman–Crippen MR) is 197 cm³/mol. The first kappa shape index (κ1) is 28.8. The first-order valence-electron chi connectivity index (χ1n) is 16.8. The Morgan fingerprint density at radius 1 is 0.587 bits per heavy atom. The van der Waals surface area contributed by atoms with E-state index in [2.05, 4.69) is 163 Å². The van der Waals surface area contributed by atoms with Gasteiger partial charge in [-0.1, -0.05) is 112 Å². The zero-order valence-corrected chi connectivity index (χ0v) is 28.5. The van der Waals surface area contributed by atoms with Crippen LogP contribution in [0.1, 0.15) is 81.3 Å². The summed E-state index contributed by atoms with van der Waals surface area (Å²) in [5.41, 5.74) is 20.0. The number of anilines is 2. The number of allylic oxidation sites excluding steroid dienone is 5. The number of hydrogen-bond acceptors (Lipinski definition) is 1. The fraction of sp³-hybridized carbons (Fsp3) is 0.244. The van der Waals surface area contributed by atoms with Gasteiger partial charge in [0.05, 0.1) is 5.69 Å². The van der Waals surface area contributed by atoms with Crippen molar-refractivity contribution in [1.82, 2.24) is 0 Å². The molecule has 0 saturated carbocycles. The quantitative estimate of drug-likeness (QED) is 0.200. The molecule has 8 rings (SSSR count). The van der Waals surface area contributed by atoms with Crippen molar-refractivity contribution in [2.24, 2.45) is 0 Å². The van der Waals surface area contributed by atoms with Crippen molar-refractivity contribution < 1.29 is 0 Å². The lowest BCUT2D eigenvalue weighted by Crippen LogP contribution is -2.20. The molecule has 0 heterocycles. The maximum atomic E-state index is 2.54. The second-order valence-electron chi connectivity index (χ2n) is 14.9. The van der Waals surface area contributed by atoms with E-state index in [1.54, 1.807) is 0 Å². The van der Waals surface area contributed by atoms with E-state index in [9.17, 15) is 0 Å². The van der Waals surface area contributed by atoms with E-state index in [4.69, 9.17) is 0 Å². The van der Waals surface area contributed by atoms with Crippen molar-refractivity contribution in [3.05, 3.63) is 153 Å². The lowest BCUT2D eigenvalue weighted by atomic mass is 9.79. The van der Waals surface area contributed by atoms with Crippen molar-refractivity contribution in [3.8, 4) is 22.3 Å². The number of fused-ring (bicyclic) bond motifs is 8. The first-order chi connectivity index (χ1) is 22.0. The minimum absolute atomic E-state index is 0.0369. The largest absolute Gasteiger partial charge is 0.309 e. The SMILES string of the molecule is CC1=CC(C)=C(N(c2ccc(C)cc2C)c2cc3c(c4ccccc24)-c2cc4c(cc2C3(C)C)-c2ccccc2C4(C)C)C=CC1. The van der Waals surface area contributed by atoms with Crippen LogP contribution in [-0.4, -0.2) is 0 Å². The fourth-order valence-corrected chi connectivity index (χ4v) is 8.63. The summed E-state index contributed by atoms with van der Waals surface area (Å²) in [5, 5.41) is 2.61. The number of nitrogens with zero attached hydrogens (tertiary/aromatic N) is 1. The molecule has 0 fully saturated rings. The van der Waals surface area contributed by atoms with Gasteiger partial charge in [-0.3, -0.25) is 0 Å². The monoisotopic (exact) mass is 597 g/mol. The van der Waals surface area contributed by atoms with Crippen LogP contribution in [-0.2, 0) is 10.8 Å². The maximum absolute atomic E-state index is 2.54. The van der Waals surface area contributed by atoms with Crippen LogP contribution < -0.4 is 4.90 Å². The van der Waals surface area contributed by atoms with Gasteiger partial charge in [0.15, 0.2) is 0 Å². The van der Waals surface area contributed by atoms with Crippen molar-refractivity contribution >= 4 is 22.1 Å². The smallest absolute Gasteiger partial charge is 0.0543 e. The van der Waals surface area contributed by atoms with E-state index in [0.29, 0.717) is 0 Å². The predicted octanol–water partition coefficient (Wildman–Crippen LogP) is 12.4. The Morgan fingerprint density at radius 3 is 2.04 bits per heavy atom. The number of aryl methyl sites for hydroxylation is 2. The third-order valence-corrected chi connectivity index (χ3v) is 11.0. The van der Waals surface area contributed by atoms with Crippen molar-refractivity contribution in [1.29, 1.82) is 0 Å². The van der Waals surface area contributed by atoms with Gasteiger partial charge >= 0.3 is 0 Å². The lowest BCUT2D eigenvalue weighted by molar-refractivity contribution is 0.652. The average molecular weight is 598 g/mol. The molecule has 0 amide bonds. The molecule has 0 radical (unpaired) electrons. The molecule has 0 N–H and O–H groups in total. The molecule has 0 aromatic heterocycles. The molecule has 3 aliphatic carbocycles. The molecule has 0 aliphatic heterocycles. The van der Waals surface area contributed by atoms with E-state index < -0.39 is 0 Å². The zero-order valence-electron chi connectivity index (χ0n) is 28.5. The van der Waals surface area contributed by atoms with Crippen molar-refractivity contribution in [2.75, 3.05) is 4.90 Å². The molecule has 1 nitrogen and oxygen atoms in total. The summed E-state index contributed by atoms with van der Waals surface area (Å²) in [4.78, 5) is 2.54. The molecule has 46 heavy (non-hydrogen) atoms. The van der Waals surface area contributed by atoms with Gasteiger partial charge in [0.1, 0.15) is 0 Å². The maximum Gasteiger partial charge on any atom is 0.0543 e. The summed E-state index contributed by atoms with van der Waals surface area (Å²) >= 11 is 0. The normalized spacial score (nSPS) is 16.9. The van der Waals surface area contributed by atoms with Gasteiger partial charge in [0, 0.05) is 27.6 Å². The Hall–Kier alpha value is -4.62. The van der Waals surface area contributed by atoms with Crippen LogP contribution in [0.15, 0.2) is 120 Å². The molecule has 5 aromatic rings. The molecule has 0 saturated heterocycles. The lowest BCUT2D eigenvalue weighted by Gasteiger charge is -2.32. The molecule has 1 heteroatoms. The second kappa shape index (κ2) is 9.94. The molecule has 5 aromatic carbocycles. The highest BCUT2D eigenvalue weighted by Crippen LogP contribution is 2.58. The molecule has 0 spiro atoms. The standard InChI is InChI=1S/C45H43N/c1-27-14-13-19-40(29(3)22-27)46(41-21-20-28(2)23-30(41)4)42-26-39-43(33-17-10-9-16-32(33)42)35-25-37-34(24-38(35)45(39,7)8)31-15-11-12-18-36(31)44(37,5)6/h9-13,15-26H,14H2,1-8H3. The summed E-state index contributed by atoms with van der Waals surface area (Å²) in [5.74, 6) is 0. The highest BCUT2D eigenvalue weighted by molar-refractivity contribution is 6.10. The Labute approximate surface area is 274 Å². The molecular weight excluding hydrogens is 555 g/mol. The van der Waals surface area contributed by atoms with Gasteiger partial charge in [-0.25, -0.2) is 0 Å². The summed E-state index contributed by atoms with van der Waals surface area (Å²) in [6, 6.07) is 32.6. The van der Waals surface area contributed by atoms with Crippen molar-refractivity contribution in [3.63, 3.8) is 0 Å². The number of benzene rings is 5. The second-order valence-corrected chi connectivity index (χ2v) is 14.9. The molecule has 0 unspecified atom stereocenters. The summed E-state index contributed by atoms with van der Waals surface area (Å²) < 4.78 is 0. The van der Waals surface area contributed by atoms with E-state index in [-0.39, 0.29) is 10.8 Å². The average Bonchev–Trinajstić information content (AvgIpc) is 3.29. The third-order valence-electron chi connectivity index (χ3n) is 11.0. The number of hydrogen-bond donors (Lipinski definition) is 0. The Bertz CT molecular complexity index is 2210. The Balaban J connectivity index is 1.44. The fourth-order valence-electron chi connectivity index (χ4n) is 8.63. The van der Waals surface area contributed by atoms with E-state index in [1.165, 1.54) is 94.6 Å². The van der Waals surface area contributed by atoms with Gasteiger partial charge in [0.2, 0.25) is 0 Å². The van der Waals surface area contributed by atoms with E-state index in [0.717, 1.165) is 6.42 Å². The van der Waals surface area contributed by atoms with Gasteiger partial charge in [-0.15, -0.1) is 0 Å². The van der Waals surface area contributed by atoms with Crippen LogP contribution in [0.25, 0.3) is 33.0 Å². The molecule has 0 bridgehead atoms. The van der Waals surface area contributed by atoms with Crippen LogP contribution in [0.5, 0.6) is 0 Å². The molecule has 228 valence electrons. The Kier molecular flexibility index (Phi) is 6.23. The molecule has 0 atom stereocenters. The topological polar surface area (TPSA) is 3.24 Å². The van der Waals surface area contributed by atoms with Crippen LogP contribution in [0, 0.1) is 13.8 Å². The van der Waals surface area contributed by atoms with Gasteiger partial charge in [0.25, 0.3) is 0 Å². The highest BCUT2D eigenvalue weighted by atomic mass is 15.2. The zero-order chi connectivity index (χ0) is 32.1. The van der Waals surface area contributed by atoms with E-state index in [1.807, 2.05) is 0 Å². The van der Waals surface area contributed by atoms with Gasteiger partial charge in [-0.2, -0.15) is 0 Å². The minimum atomic E-state index is -0.159. The first-order valence-corrected chi connectivity index (χ1v) is 16.8. The number of rotatable bonds is 3. The summed E-state index contributed by atoms with van der Waals surface area (Å²) in [6.07, 6.45) is 8.00. The van der Waals surface area contributed by atoms with Crippen LogP contribution >= 0.6 is 0 Å². The van der Waals surface area contributed by atoms with Gasteiger partial charge < -0.3 is 4.90 Å². The summed E-state index contributed by atoms with van der Waals surface area (Å²) in [6.45, 7) is 18.6.